The maximum atomic E-state index is 14.7. The first-order valence-corrected chi connectivity index (χ1v) is 20.1. The Morgan fingerprint density at radius 2 is 1.81 bits per heavy atom. The fourth-order valence-corrected chi connectivity index (χ4v) is 7.52. The first kappa shape index (κ1) is 41.7. The number of amides is 4. The molecule has 2 unspecified atom stereocenters. The summed E-state index contributed by atoms with van der Waals surface area (Å²) in [6.45, 7) is 17.8. The van der Waals surface area contributed by atoms with Crippen molar-refractivity contribution in [1.29, 1.82) is 0 Å². The second-order valence-corrected chi connectivity index (χ2v) is 17.2. The number of hydrogen-bond donors (Lipinski definition) is 1. The fraction of sp³-hybridized carbons (Fsp3) is 0.756. The summed E-state index contributed by atoms with van der Waals surface area (Å²) >= 11 is 0. The molecule has 1 aromatic carbocycles. The quantitative estimate of drug-likeness (QED) is 0.212. The Bertz CT molecular complexity index is 1470. The van der Waals surface area contributed by atoms with Crippen LogP contribution in [0.5, 0.6) is 5.75 Å². The Morgan fingerprint density at radius 1 is 1.07 bits per heavy atom. The minimum atomic E-state index is -1.06. The molecule has 1 aliphatic carbocycles. The number of carbonyl (C=O) groups excluding carboxylic acids is 4. The number of fused-ring (bicyclic) bond motifs is 1. The zero-order valence-electron chi connectivity index (χ0n) is 33.8. The minimum Gasteiger partial charge on any atom is -0.476 e. The van der Waals surface area contributed by atoms with Crippen LogP contribution in [0.2, 0.25) is 0 Å². The fourth-order valence-electron chi connectivity index (χ4n) is 7.52. The lowest BCUT2D eigenvalue weighted by molar-refractivity contribution is -0.162. The largest absolute Gasteiger partial charge is 0.476 e. The number of ether oxygens (including phenoxy) is 5. The van der Waals surface area contributed by atoms with Crippen LogP contribution in [-0.4, -0.2) is 104 Å². The van der Waals surface area contributed by atoms with Gasteiger partial charge in [0.1, 0.15) is 11.4 Å². The van der Waals surface area contributed by atoms with Crippen molar-refractivity contribution in [3.63, 3.8) is 0 Å². The van der Waals surface area contributed by atoms with Crippen molar-refractivity contribution in [1.82, 2.24) is 10.2 Å². The number of carbonyl (C=O) groups is 4. The van der Waals surface area contributed by atoms with E-state index in [2.05, 4.69) is 19.2 Å². The number of nitrogens with one attached hydrogen (secondary N) is 1. The van der Waals surface area contributed by atoms with Gasteiger partial charge >= 0.3 is 6.09 Å². The normalized spacial score (nSPS) is 23.4. The number of rotatable bonds is 15. The Morgan fingerprint density at radius 3 is 2.46 bits per heavy atom. The molecule has 4 aliphatic rings. The van der Waals surface area contributed by atoms with E-state index in [1.807, 2.05) is 25.1 Å². The highest BCUT2D eigenvalue weighted by atomic mass is 16.7. The van der Waals surface area contributed by atoms with Crippen LogP contribution in [0, 0.1) is 17.8 Å². The number of nitrogens with zero attached hydrogens (tertiary/aromatic N) is 3. The first-order chi connectivity index (χ1) is 25.6. The van der Waals surface area contributed by atoms with Crippen LogP contribution >= 0.6 is 0 Å². The smallest absolute Gasteiger partial charge is 0.410 e. The van der Waals surface area contributed by atoms with E-state index in [1.165, 1.54) is 4.90 Å². The standard InChI is InChI=1S/C41H64N4O9/c1-9-50-26-30(21-27(2)3)42-36(46)28-22-29(25-43(24-28)39(49)54-40(4,5)6)37(47)45(31-14-15-31)32-16-17-34-33(23-32)44(38(48)41(7,8)53-34)18-12-20-52-35-13-10-11-19-51-35/h16-17,23,27-31,35H,9-15,18-22,24-26H2,1-8H3,(H,42,46)/t28-,29+,30?,35?/m0/s1. The van der Waals surface area contributed by atoms with Gasteiger partial charge in [-0.3, -0.25) is 14.4 Å². The molecule has 0 aromatic heterocycles. The molecule has 1 N–H and O–H groups in total. The Balaban J connectivity index is 1.38. The van der Waals surface area contributed by atoms with Crippen LogP contribution < -0.4 is 19.9 Å². The van der Waals surface area contributed by atoms with Gasteiger partial charge in [0.05, 0.1) is 36.8 Å². The molecule has 13 heteroatoms. The molecule has 54 heavy (non-hydrogen) atoms. The van der Waals surface area contributed by atoms with E-state index in [0.717, 1.165) is 38.5 Å². The van der Waals surface area contributed by atoms with Crippen molar-refractivity contribution in [3.05, 3.63) is 18.2 Å². The van der Waals surface area contributed by atoms with Crippen LogP contribution in [0.1, 0.15) is 107 Å². The van der Waals surface area contributed by atoms with E-state index in [1.54, 1.807) is 44.4 Å². The van der Waals surface area contributed by atoms with Gasteiger partial charge in [0.25, 0.3) is 5.91 Å². The Kier molecular flexibility index (Phi) is 13.9. The van der Waals surface area contributed by atoms with Gasteiger partial charge < -0.3 is 43.7 Å². The summed E-state index contributed by atoms with van der Waals surface area (Å²) in [6, 6.07) is 5.35. The molecule has 0 radical (unpaired) electrons. The summed E-state index contributed by atoms with van der Waals surface area (Å²) in [6.07, 6.45) is 5.52. The van der Waals surface area contributed by atoms with Crippen LogP contribution in [-0.2, 0) is 33.3 Å². The second kappa shape index (κ2) is 18.0. The van der Waals surface area contributed by atoms with Crippen molar-refractivity contribution >= 4 is 35.2 Å². The third-order valence-electron chi connectivity index (χ3n) is 10.2. The number of anilines is 2. The third kappa shape index (κ3) is 11.1. The molecule has 0 bridgehead atoms. The molecule has 5 rings (SSSR count). The summed E-state index contributed by atoms with van der Waals surface area (Å²) in [4.78, 5) is 61.0. The van der Waals surface area contributed by atoms with E-state index < -0.39 is 29.1 Å². The summed E-state index contributed by atoms with van der Waals surface area (Å²) < 4.78 is 29.3. The molecule has 1 saturated carbocycles. The average Bonchev–Trinajstić information content (AvgIpc) is 3.95. The molecule has 13 nitrogen and oxygen atoms in total. The van der Waals surface area contributed by atoms with Gasteiger partial charge in [0.15, 0.2) is 11.9 Å². The zero-order chi connectivity index (χ0) is 39.2. The molecule has 3 heterocycles. The maximum absolute atomic E-state index is 14.7. The number of likely N-dealkylation sites (tertiary alicyclic amines) is 1. The minimum absolute atomic E-state index is 0.0321. The third-order valence-corrected chi connectivity index (χ3v) is 10.2. The zero-order valence-corrected chi connectivity index (χ0v) is 33.8. The lowest BCUT2D eigenvalue weighted by atomic mass is 9.87. The van der Waals surface area contributed by atoms with E-state index >= 15 is 0 Å². The lowest BCUT2D eigenvalue weighted by Gasteiger charge is -2.41. The van der Waals surface area contributed by atoms with Crippen LogP contribution in [0.25, 0.3) is 0 Å². The van der Waals surface area contributed by atoms with E-state index in [9.17, 15) is 19.2 Å². The summed E-state index contributed by atoms with van der Waals surface area (Å²) in [7, 11) is 0. The summed E-state index contributed by atoms with van der Waals surface area (Å²) in [5, 5.41) is 3.17. The molecule has 3 fully saturated rings. The van der Waals surface area contributed by atoms with Gasteiger partial charge in [0, 0.05) is 44.6 Å². The molecule has 4 amide bonds. The highest BCUT2D eigenvalue weighted by Crippen LogP contribution is 2.43. The van der Waals surface area contributed by atoms with Crippen molar-refractivity contribution in [2.24, 2.45) is 17.8 Å². The van der Waals surface area contributed by atoms with Gasteiger partial charge in [-0.2, -0.15) is 0 Å². The summed E-state index contributed by atoms with van der Waals surface area (Å²) in [5.41, 5.74) is -0.554. The van der Waals surface area contributed by atoms with E-state index in [-0.39, 0.29) is 55.6 Å². The van der Waals surface area contributed by atoms with Crippen molar-refractivity contribution in [2.75, 3.05) is 55.9 Å². The molecule has 1 aromatic rings. The van der Waals surface area contributed by atoms with Crippen molar-refractivity contribution < 1.29 is 42.9 Å². The first-order valence-electron chi connectivity index (χ1n) is 20.1. The van der Waals surface area contributed by atoms with Gasteiger partial charge in [-0.05, 0) is 117 Å². The van der Waals surface area contributed by atoms with Crippen molar-refractivity contribution in [3.8, 4) is 5.75 Å². The average molecular weight is 757 g/mol. The molecule has 4 atom stereocenters. The van der Waals surface area contributed by atoms with Crippen molar-refractivity contribution in [2.45, 2.75) is 136 Å². The predicted octanol–water partition coefficient (Wildman–Crippen LogP) is 6.06. The van der Waals surface area contributed by atoms with Gasteiger partial charge in [-0.15, -0.1) is 0 Å². The Labute approximate surface area is 321 Å². The van der Waals surface area contributed by atoms with Gasteiger partial charge in [-0.25, -0.2) is 4.79 Å². The maximum Gasteiger partial charge on any atom is 0.410 e. The molecule has 3 aliphatic heterocycles. The number of piperidine rings is 1. The molecule has 2 saturated heterocycles. The highest BCUT2D eigenvalue weighted by molar-refractivity contribution is 6.04. The van der Waals surface area contributed by atoms with E-state index in [0.29, 0.717) is 62.4 Å². The number of benzene rings is 1. The SMILES string of the molecule is CCOCC(CC(C)C)NC(=O)[C@H]1C[C@@H](C(=O)N(c2ccc3c(c2)N(CCCOC2CCCCO2)C(=O)C(C)(C)O3)C2CC2)CN(C(=O)OC(C)(C)C)C1. The van der Waals surface area contributed by atoms with E-state index in [4.69, 9.17) is 23.7 Å². The summed E-state index contributed by atoms with van der Waals surface area (Å²) in [5.74, 6) is -0.896. The molecular weight excluding hydrogens is 692 g/mol. The Hall–Kier alpha value is -3.42. The lowest BCUT2D eigenvalue weighted by Crippen LogP contribution is -2.55. The topological polar surface area (TPSA) is 136 Å². The molecule has 0 spiro atoms. The predicted molar refractivity (Wildman–Crippen MR) is 205 cm³/mol. The van der Waals surface area contributed by atoms with Gasteiger partial charge in [0.2, 0.25) is 11.8 Å². The second-order valence-electron chi connectivity index (χ2n) is 17.2. The monoisotopic (exact) mass is 756 g/mol. The molecule has 302 valence electrons. The highest BCUT2D eigenvalue weighted by Gasteiger charge is 2.45. The molecular formula is C41H64N4O9. The van der Waals surface area contributed by atoms with Gasteiger partial charge in [-0.1, -0.05) is 13.8 Å². The number of hydrogen-bond acceptors (Lipinski definition) is 9. The van der Waals surface area contributed by atoms with Crippen LogP contribution in [0.15, 0.2) is 18.2 Å². The van der Waals surface area contributed by atoms with Crippen LogP contribution in [0.3, 0.4) is 0 Å². The van der Waals surface area contributed by atoms with Crippen LogP contribution in [0.4, 0.5) is 16.2 Å².